The molecule has 0 radical (unpaired) electrons. The van der Waals surface area contributed by atoms with Crippen molar-refractivity contribution in [3.05, 3.63) is 141 Å². The first kappa shape index (κ1) is 93.6. The molecule has 8 rings (SSSR count). The van der Waals surface area contributed by atoms with Crippen molar-refractivity contribution >= 4 is 128 Å². The molecule has 5 unspecified atom stereocenters. The second-order valence-electron chi connectivity index (χ2n) is 29.2. The number of aromatic nitrogens is 3. The molecule has 5 aromatic rings. The van der Waals surface area contributed by atoms with Crippen molar-refractivity contribution in [2.24, 2.45) is 0 Å². The van der Waals surface area contributed by atoms with Crippen LogP contribution in [0.25, 0.3) is 11.0 Å². The van der Waals surface area contributed by atoms with E-state index in [9.17, 15) is 55.6 Å². The zero-order chi connectivity index (χ0) is 83.4. The van der Waals surface area contributed by atoms with Crippen LogP contribution in [0.2, 0.25) is 0 Å². The average molecular weight is 1740 g/mol. The number of hydrogen-bond donors (Lipinski definition) is 9. The smallest absolute Gasteiger partial charge is 0.490 e. The van der Waals surface area contributed by atoms with Crippen LogP contribution in [0.4, 0.5) is 17.3 Å². The van der Waals surface area contributed by atoms with Gasteiger partial charge in [0.05, 0.1) is 53.7 Å². The summed E-state index contributed by atoms with van der Waals surface area (Å²) in [6, 6.07) is 18.4. The highest BCUT2D eigenvalue weighted by Gasteiger charge is 2.47. The molecule has 1 saturated heterocycles. The van der Waals surface area contributed by atoms with Gasteiger partial charge in [-0.05, 0) is 121 Å². The average Bonchev–Trinajstić information content (AvgIpc) is 1.60. The minimum absolute atomic E-state index is 0.00308. The number of anilines is 2. The highest BCUT2D eigenvalue weighted by atomic mass is 33.1. The molecule has 0 spiro atoms. The van der Waals surface area contributed by atoms with Gasteiger partial charge in [0.15, 0.2) is 11.4 Å². The summed E-state index contributed by atoms with van der Waals surface area (Å²) in [5.74, 6) is 5.11. The zero-order valence-corrected chi connectivity index (χ0v) is 72.7. The number of allylic oxidation sites excluding steroid dienone is 6. The zero-order valence-electron chi connectivity index (χ0n) is 65.9. The van der Waals surface area contributed by atoms with Gasteiger partial charge < -0.3 is 69.1 Å². The van der Waals surface area contributed by atoms with Gasteiger partial charge in [0.2, 0.25) is 17.5 Å². The van der Waals surface area contributed by atoms with Crippen LogP contribution < -0.4 is 31.6 Å². The molecule has 2 amide bonds. The van der Waals surface area contributed by atoms with Crippen LogP contribution in [-0.2, 0) is 76.3 Å². The number of carbonyl (C=O) groups is 3. The Morgan fingerprint density at radius 2 is 1.67 bits per heavy atom. The number of hydrogen-bond acceptors (Lipinski definition) is 24. The number of nitrogens with two attached hydrogens (primary N) is 1. The van der Waals surface area contributed by atoms with E-state index in [0.29, 0.717) is 43.4 Å². The Hall–Kier alpha value is -5.90. The largest absolute Gasteiger partial charge is 0.490 e. The lowest BCUT2D eigenvalue weighted by Crippen LogP contribution is -2.30. The van der Waals surface area contributed by atoms with Gasteiger partial charge in [-0.2, -0.15) is 26.6 Å². The van der Waals surface area contributed by atoms with Gasteiger partial charge in [-0.1, -0.05) is 151 Å². The van der Waals surface area contributed by atoms with Crippen LogP contribution in [0.15, 0.2) is 113 Å². The second kappa shape index (κ2) is 42.2. The summed E-state index contributed by atoms with van der Waals surface area (Å²) < 4.78 is 118. The summed E-state index contributed by atoms with van der Waals surface area (Å²) in [7, 11) is -15.7. The number of nitrogen functional groups attached to an aromatic ring is 1. The van der Waals surface area contributed by atoms with Crippen LogP contribution in [0.1, 0.15) is 178 Å². The Kier molecular flexibility index (Phi) is 34.6. The minimum Gasteiger partial charge on any atom is -0.490 e. The Bertz CT molecular complexity index is 4750. The first-order chi connectivity index (χ1) is 53.7. The number of ether oxygens (including phenoxy) is 5. The molecule has 3 aromatic carbocycles. The number of nitrogens with zero attached hydrogens (tertiary/aromatic N) is 4. The highest BCUT2D eigenvalue weighted by molar-refractivity contribution is 8.77. The van der Waals surface area contributed by atoms with Gasteiger partial charge in [0.1, 0.15) is 54.5 Å². The molecule has 30 nitrogen and oxygen atoms in total. The lowest BCUT2D eigenvalue weighted by molar-refractivity contribution is -0.438. The molecular weight excluding hydrogens is 1630 g/mol. The molecule has 0 saturated carbocycles. The number of Topliss-reactive ketones (excluding diaryl/α,β-unsaturated/α-hetero) is 1. The van der Waals surface area contributed by atoms with E-state index in [1.807, 2.05) is 6.26 Å². The Morgan fingerprint density at radius 3 is 2.39 bits per heavy atom. The summed E-state index contributed by atoms with van der Waals surface area (Å²) in [6.45, 7) is 21.9. The fourth-order valence-electron chi connectivity index (χ4n) is 13.4. The van der Waals surface area contributed by atoms with Gasteiger partial charge in [-0.15, -0.1) is 0 Å². The lowest BCUT2D eigenvalue weighted by atomic mass is 9.77. The van der Waals surface area contributed by atoms with E-state index in [0.717, 1.165) is 68.6 Å². The maximum atomic E-state index is 13.4. The van der Waals surface area contributed by atoms with Crippen molar-refractivity contribution in [2.75, 3.05) is 76.1 Å². The van der Waals surface area contributed by atoms with Gasteiger partial charge in [0.25, 0.3) is 21.6 Å². The van der Waals surface area contributed by atoms with Crippen LogP contribution in [-0.4, -0.2) is 168 Å². The number of carbonyl (C=O) groups excluding carboxylic acids is 3. The number of nitrogens with one attached hydrogen (secondary N) is 3. The third kappa shape index (κ3) is 27.3. The number of phosphoric ester groups is 1. The van der Waals surface area contributed by atoms with Crippen molar-refractivity contribution in [1.82, 2.24) is 25.2 Å². The number of rotatable bonds is 45. The number of aromatic amines is 1. The number of unbranched alkanes of at least 4 members (excludes halogenated alkanes) is 4. The number of benzene rings is 3. The highest BCUT2D eigenvalue weighted by Crippen LogP contribution is 2.66. The number of H-pyrrole nitrogens is 1. The molecule has 2 aromatic heterocycles. The third-order valence-electron chi connectivity index (χ3n) is 18.7. The van der Waals surface area contributed by atoms with E-state index in [1.165, 1.54) is 71.7 Å². The summed E-state index contributed by atoms with van der Waals surface area (Å²) in [4.78, 5) is 99.5. The maximum absolute atomic E-state index is 13.4. The van der Waals surface area contributed by atoms with Gasteiger partial charge in [-0.3, -0.25) is 33.2 Å². The first-order valence-electron chi connectivity index (χ1n) is 37.5. The molecule has 10 N–H and O–H groups in total. The normalized spacial score (nSPS) is 19.6. The molecule has 5 heterocycles. The molecule has 3 aliphatic rings. The van der Waals surface area contributed by atoms with E-state index < -0.39 is 86.4 Å². The number of fused-ring (bicyclic) bond motifs is 3. The molecule has 114 heavy (non-hydrogen) atoms. The summed E-state index contributed by atoms with van der Waals surface area (Å²) in [6.07, 6.45) is 18.7. The molecule has 8 atom stereocenters. The van der Waals surface area contributed by atoms with Gasteiger partial charge in [0, 0.05) is 89.8 Å². The van der Waals surface area contributed by atoms with Crippen molar-refractivity contribution in [1.29, 1.82) is 0 Å². The van der Waals surface area contributed by atoms with E-state index in [-0.39, 0.29) is 95.2 Å². The fraction of sp³-hybridized carbons (Fsp3) is 0.526. The monoisotopic (exact) mass is 1740 g/mol. The van der Waals surface area contributed by atoms with E-state index >= 15 is 0 Å². The van der Waals surface area contributed by atoms with Crippen LogP contribution in [0.3, 0.4) is 0 Å². The van der Waals surface area contributed by atoms with Gasteiger partial charge in [-0.25, -0.2) is 13.7 Å². The predicted molar refractivity (Wildman–Crippen MR) is 447 cm³/mol. The summed E-state index contributed by atoms with van der Waals surface area (Å²) >= 11 is 0. The SMILES string of the molecule is CCCCN1\C(=C/C=C/C=C/C2=[N+](CCCC)c3ccc(C)cc3C2(C)C)C(C)(CCCCCC(=O)CCCNC(=O)c2cccc(OCC(OCCOCC(=O)NCC#Cc3cn([C@H]4CC(O[C@H](C)SSC)[C@@H](COP(=O)(O)OP(=O)(O)OP(=O)(O)O)O4)c4nc(N)[nH]c(=O)c34)SSC(C)(C)C)c2)c2cc(S(=O)(=O)O)ccc21. The van der Waals surface area contributed by atoms with Crippen LogP contribution in [0.5, 0.6) is 5.75 Å². The standard InChI is InChI=1S/C76H105N8O22P3S5/c1-12-14-39-82-60-34-32-51(3)43-58(60)75(8,9)64(82)30-19-16-20-31-65-76(10,59-45-57(114(96,97)98)33-35-61(59)83(65)40-15-13-2)36-21-17-18-27-55(85)28-24-38-79-71(87)53-25-22-29-56(44-53)101-50-68(112-113-74(5,6)7)100-42-41-99-49-66(86)78-37-23-26-54-47-84(70-69(54)72(88)81-73(77)80-70)67-46-62(103-52(4)111-110-11)63(104-67)48-102-108(92,93)106-109(94,95)105-107(89,90)91/h16,19-20,22,25,29-35,43-45,47,52,62-63,67-68H,12-15,17-18,21,24,27-28,36-42,46,48-50H2,1-11H3,(H9-,77,78,79,80,81,86,87,88,89,90,91,92,93,94,95,96,97,98)/p+1/t52-,62?,63+,67+,68?,76?/m0/s1. The maximum Gasteiger partial charge on any atom is 0.490 e. The van der Waals surface area contributed by atoms with Crippen molar-refractivity contribution in [3.63, 3.8) is 0 Å². The van der Waals surface area contributed by atoms with Crippen molar-refractivity contribution in [3.8, 4) is 17.6 Å². The van der Waals surface area contributed by atoms with E-state index in [2.05, 4.69) is 161 Å². The number of phosphoric acid groups is 3. The molecule has 3 aliphatic heterocycles. The second-order valence-corrected chi connectivity index (χ2v) is 41.0. The minimum atomic E-state index is -5.82. The van der Waals surface area contributed by atoms with E-state index in [4.69, 9.17) is 43.7 Å². The molecule has 0 aliphatic carbocycles. The number of aryl methyl sites for hydroxylation is 1. The summed E-state index contributed by atoms with van der Waals surface area (Å²) in [5, 5.41) is 5.57. The topological polar surface area (TPSA) is 419 Å². The third-order valence-corrected chi connectivity index (χ3v) is 28.8. The summed E-state index contributed by atoms with van der Waals surface area (Å²) in [5.41, 5.74) is 11.9. The van der Waals surface area contributed by atoms with E-state index in [1.54, 1.807) is 54.1 Å². The van der Waals surface area contributed by atoms with Crippen LogP contribution in [0, 0.1) is 18.8 Å². The molecular formula is C76H106N8O22P3S5+. The number of amides is 2. The Balaban J connectivity index is 0.780. The van der Waals surface area contributed by atoms with Crippen LogP contribution >= 0.6 is 66.6 Å². The fourth-order valence-corrected chi connectivity index (χ4v) is 20.5. The quantitative estimate of drug-likeness (QED) is 0.00255. The molecule has 38 heteroatoms. The van der Waals surface area contributed by atoms with Crippen molar-refractivity contribution in [2.45, 2.75) is 196 Å². The molecule has 626 valence electrons. The predicted octanol–water partition coefficient (Wildman–Crippen LogP) is 13.8. The molecule has 0 bridgehead atoms. The Morgan fingerprint density at radius 1 is 0.912 bits per heavy atom. The van der Waals surface area contributed by atoms with Crippen molar-refractivity contribution < 1.29 is 102 Å². The Labute approximate surface area is 682 Å². The lowest BCUT2D eigenvalue weighted by Gasteiger charge is -2.30. The molecule has 1 fully saturated rings. The first-order valence-corrected chi connectivity index (χ1v) is 48.3. The van der Waals surface area contributed by atoms with Gasteiger partial charge >= 0.3 is 23.5 Å². The number of ketones is 1.